The van der Waals surface area contributed by atoms with Crippen molar-refractivity contribution in [2.45, 2.75) is 39.5 Å². The Hall–Kier alpha value is -0.600. The highest BCUT2D eigenvalue weighted by Crippen LogP contribution is 1.82. The third-order valence-corrected chi connectivity index (χ3v) is 0.986. The van der Waals surface area contributed by atoms with E-state index in [1.165, 1.54) is 12.8 Å². The Kier molecular flexibility index (Phi) is 59.1. The van der Waals surface area contributed by atoms with Gasteiger partial charge < -0.3 is 12.3 Å². The molecule has 0 aromatic carbocycles. The minimum atomic E-state index is 0. The van der Waals surface area contributed by atoms with Crippen molar-refractivity contribution in [2.24, 2.45) is 0 Å². The molecule has 0 aliphatic rings. The van der Waals surface area contributed by atoms with Crippen LogP contribution in [0, 0.1) is 0 Å². The Morgan fingerprint density at radius 3 is 1.08 bits per heavy atom. The summed E-state index contributed by atoms with van der Waals surface area (Å²) in [5, 5.41) is 0. The largest absolute Gasteiger partial charge is 0.344 e. The maximum atomic E-state index is 3.55. The van der Waals surface area contributed by atoms with Crippen LogP contribution in [0.25, 0.3) is 0 Å². The van der Waals surface area contributed by atoms with Crippen LogP contribution in [0.1, 0.15) is 39.5 Å². The van der Waals surface area contributed by atoms with Crippen LogP contribution in [0.3, 0.4) is 0 Å². The van der Waals surface area contributed by atoms with Gasteiger partial charge in [0.25, 0.3) is 0 Å². The van der Waals surface area contributed by atoms with E-state index in [2.05, 4.69) is 27.0 Å². The van der Waals surface area contributed by atoms with Crippen LogP contribution in [-0.2, 0) is 0 Å². The molecule has 0 aromatic rings. The van der Waals surface area contributed by atoms with Crippen LogP contribution in [0.5, 0.6) is 0 Å². The topological polar surface area (TPSA) is 70.0 Å². The minimum absolute atomic E-state index is 0. The monoisotopic (exact) mass is 174 g/mol. The Morgan fingerprint density at radius 1 is 0.833 bits per heavy atom. The van der Waals surface area contributed by atoms with E-state index in [1.807, 2.05) is 12.2 Å². The zero-order valence-corrected chi connectivity index (χ0v) is 8.81. The van der Waals surface area contributed by atoms with E-state index in [-0.39, 0.29) is 12.3 Å². The summed E-state index contributed by atoms with van der Waals surface area (Å²) in [5.74, 6) is 0. The molecular weight excluding hydrogens is 148 g/mol. The quantitative estimate of drug-likeness (QED) is 0.625. The van der Waals surface area contributed by atoms with Crippen LogP contribution < -0.4 is 12.3 Å². The Balaban J connectivity index is -0.0000000457. The highest BCUT2D eigenvalue weighted by Gasteiger charge is 1.62. The maximum Gasteiger partial charge on any atom is -0.0356 e. The molecule has 0 spiro atoms. The minimum Gasteiger partial charge on any atom is -0.344 e. The van der Waals surface area contributed by atoms with Crippen LogP contribution >= 0.6 is 0 Å². The maximum absolute atomic E-state index is 3.55. The van der Waals surface area contributed by atoms with Crippen molar-refractivity contribution in [3.05, 3.63) is 25.3 Å². The summed E-state index contributed by atoms with van der Waals surface area (Å²) in [4.78, 5) is 0. The van der Waals surface area contributed by atoms with Gasteiger partial charge in [0.1, 0.15) is 0 Å². The zero-order valence-electron chi connectivity index (χ0n) is 8.81. The molecule has 2 heteroatoms. The van der Waals surface area contributed by atoms with Crippen molar-refractivity contribution in [1.29, 1.82) is 0 Å². The van der Waals surface area contributed by atoms with Crippen LogP contribution in [0.4, 0.5) is 0 Å². The van der Waals surface area contributed by atoms with Gasteiger partial charge in [0.2, 0.25) is 0 Å². The van der Waals surface area contributed by atoms with Crippen molar-refractivity contribution >= 4 is 0 Å². The average Bonchev–Trinajstić information content (AvgIpc) is 1.93. The van der Waals surface area contributed by atoms with Gasteiger partial charge in [0.05, 0.1) is 0 Å². The van der Waals surface area contributed by atoms with Gasteiger partial charge in [-0.1, -0.05) is 38.8 Å². The van der Waals surface area contributed by atoms with Crippen molar-refractivity contribution in [3.8, 4) is 0 Å². The molecule has 0 amide bonds. The van der Waals surface area contributed by atoms with Gasteiger partial charge in [-0.25, -0.2) is 0 Å². The lowest BCUT2D eigenvalue weighted by atomic mass is 10.3. The molecule has 0 unspecified atom stereocenters. The van der Waals surface area contributed by atoms with Crippen molar-refractivity contribution < 1.29 is 0 Å². The van der Waals surface area contributed by atoms with Gasteiger partial charge in [-0.05, 0) is 12.8 Å². The van der Waals surface area contributed by atoms with E-state index in [0.29, 0.717) is 0 Å². The molecule has 0 aliphatic carbocycles. The SMILES string of the molecule is C=CCCC.C=CCCC.N.N. The first-order valence-electron chi connectivity index (χ1n) is 4.05. The first-order chi connectivity index (χ1) is 4.83. The standard InChI is InChI=1S/2C5H10.2H3N/c2*1-3-5-4-2;;/h2*3H,1,4-5H2,2H3;2*1H3. The normalized spacial score (nSPS) is 6.17. The third-order valence-electron chi connectivity index (χ3n) is 0.986. The van der Waals surface area contributed by atoms with Crippen LogP contribution in [0.2, 0.25) is 0 Å². The molecule has 0 atom stereocenters. The molecule has 0 radical (unpaired) electrons. The fourth-order valence-corrected chi connectivity index (χ4v) is 0.408. The second-order valence-corrected chi connectivity index (χ2v) is 2.15. The second kappa shape index (κ2) is 31.5. The summed E-state index contributed by atoms with van der Waals surface area (Å²) < 4.78 is 0. The predicted molar refractivity (Wildman–Crippen MR) is 60.3 cm³/mol. The number of hydrogen-bond acceptors (Lipinski definition) is 2. The Labute approximate surface area is 77.9 Å². The number of allylic oxidation sites excluding steroid dienone is 2. The zero-order chi connectivity index (χ0) is 8.24. The molecule has 12 heavy (non-hydrogen) atoms. The lowest BCUT2D eigenvalue weighted by Crippen LogP contribution is -1.52. The number of unbranched alkanes of at least 4 members (excludes halogenated alkanes) is 2. The van der Waals surface area contributed by atoms with Crippen molar-refractivity contribution in [2.75, 3.05) is 0 Å². The Bertz CT molecular complexity index is 60.2. The first-order valence-corrected chi connectivity index (χ1v) is 4.05. The highest BCUT2D eigenvalue weighted by atomic mass is 14.0. The number of hydrogen-bond donors (Lipinski definition) is 2. The van der Waals surface area contributed by atoms with Gasteiger partial charge in [-0.3, -0.25) is 0 Å². The highest BCUT2D eigenvalue weighted by molar-refractivity contribution is 4.63. The van der Waals surface area contributed by atoms with Gasteiger partial charge >= 0.3 is 0 Å². The van der Waals surface area contributed by atoms with Crippen molar-refractivity contribution in [3.63, 3.8) is 0 Å². The van der Waals surface area contributed by atoms with Gasteiger partial charge in [-0.15, -0.1) is 13.2 Å². The molecule has 0 saturated carbocycles. The molecule has 0 rings (SSSR count). The molecule has 0 heterocycles. The van der Waals surface area contributed by atoms with Gasteiger partial charge in [0.15, 0.2) is 0 Å². The second-order valence-electron chi connectivity index (χ2n) is 2.15. The van der Waals surface area contributed by atoms with E-state index in [0.717, 1.165) is 12.8 Å². The molecule has 76 valence electrons. The van der Waals surface area contributed by atoms with Gasteiger partial charge in [0, 0.05) is 0 Å². The lowest BCUT2D eigenvalue weighted by molar-refractivity contribution is 0.961. The molecule has 0 aliphatic heterocycles. The lowest BCUT2D eigenvalue weighted by Gasteiger charge is -1.72. The van der Waals surface area contributed by atoms with Crippen molar-refractivity contribution in [1.82, 2.24) is 12.3 Å². The fourth-order valence-electron chi connectivity index (χ4n) is 0.408. The van der Waals surface area contributed by atoms with Gasteiger partial charge in [-0.2, -0.15) is 0 Å². The van der Waals surface area contributed by atoms with Crippen LogP contribution in [0.15, 0.2) is 25.3 Å². The summed E-state index contributed by atoms with van der Waals surface area (Å²) in [5.41, 5.74) is 0. The molecule has 0 aromatic heterocycles. The molecular formula is C10H26N2. The predicted octanol–water partition coefficient (Wildman–Crippen LogP) is 4.27. The fraction of sp³-hybridized carbons (Fsp3) is 0.600. The molecule has 0 fully saturated rings. The van der Waals surface area contributed by atoms with E-state index in [1.54, 1.807) is 0 Å². The van der Waals surface area contributed by atoms with E-state index in [4.69, 9.17) is 0 Å². The summed E-state index contributed by atoms with van der Waals surface area (Å²) in [6, 6.07) is 0. The summed E-state index contributed by atoms with van der Waals surface area (Å²) in [6.07, 6.45) is 8.62. The summed E-state index contributed by atoms with van der Waals surface area (Å²) in [6.45, 7) is 11.4. The average molecular weight is 174 g/mol. The third kappa shape index (κ3) is 57.4. The van der Waals surface area contributed by atoms with E-state index < -0.39 is 0 Å². The molecule has 0 bridgehead atoms. The van der Waals surface area contributed by atoms with E-state index in [9.17, 15) is 0 Å². The molecule has 0 saturated heterocycles. The first kappa shape index (κ1) is 22.5. The summed E-state index contributed by atoms with van der Waals surface area (Å²) >= 11 is 0. The Morgan fingerprint density at radius 2 is 1.08 bits per heavy atom. The molecule has 6 N–H and O–H groups in total. The number of rotatable bonds is 4. The van der Waals surface area contributed by atoms with E-state index >= 15 is 0 Å². The molecule has 2 nitrogen and oxygen atoms in total. The summed E-state index contributed by atoms with van der Waals surface area (Å²) in [7, 11) is 0. The smallest absolute Gasteiger partial charge is 0.0356 e. The van der Waals surface area contributed by atoms with Crippen LogP contribution in [-0.4, -0.2) is 0 Å².